The molecule has 152 valence electrons. The summed E-state index contributed by atoms with van der Waals surface area (Å²) in [5.41, 5.74) is 2.67. The van der Waals surface area contributed by atoms with Crippen LogP contribution in [0.3, 0.4) is 0 Å². The lowest BCUT2D eigenvalue weighted by Crippen LogP contribution is -3.15. The number of anilines is 2. The summed E-state index contributed by atoms with van der Waals surface area (Å²) in [6.45, 7) is 5.92. The molecule has 2 aliphatic rings. The fraction of sp³-hybridized carbons (Fsp3) is 0.455. The van der Waals surface area contributed by atoms with Crippen LogP contribution in [0.15, 0.2) is 24.3 Å². The van der Waals surface area contributed by atoms with Gasteiger partial charge in [0.1, 0.15) is 16.8 Å². The van der Waals surface area contributed by atoms with Gasteiger partial charge in [-0.15, -0.1) is 11.3 Å². The van der Waals surface area contributed by atoms with E-state index < -0.39 is 0 Å². The molecular weight excluding hydrogens is 384 g/mol. The van der Waals surface area contributed by atoms with Crippen molar-refractivity contribution in [3.8, 4) is 11.8 Å². The Morgan fingerprint density at radius 1 is 1.38 bits per heavy atom. The van der Waals surface area contributed by atoms with Crippen molar-refractivity contribution in [1.82, 2.24) is 0 Å². The van der Waals surface area contributed by atoms with Gasteiger partial charge in [-0.05, 0) is 42.9 Å². The minimum absolute atomic E-state index is 0.0286. The predicted octanol–water partition coefficient (Wildman–Crippen LogP) is 1.79. The number of nitrogens with zero attached hydrogens (tertiary/aromatic N) is 2. The number of amides is 1. The van der Waals surface area contributed by atoms with E-state index in [0.29, 0.717) is 23.8 Å². The molecule has 1 amide bonds. The molecule has 29 heavy (non-hydrogen) atoms. The van der Waals surface area contributed by atoms with Gasteiger partial charge >= 0.3 is 0 Å². The van der Waals surface area contributed by atoms with Crippen molar-refractivity contribution >= 4 is 27.9 Å². The number of nitrogens with one attached hydrogen (secondary N) is 2. The third-order valence-corrected chi connectivity index (χ3v) is 7.15. The highest BCUT2D eigenvalue weighted by molar-refractivity contribution is 7.16. The number of thiophene rings is 1. The zero-order valence-corrected chi connectivity index (χ0v) is 17.5. The third-order valence-electron chi connectivity index (χ3n) is 5.98. The summed E-state index contributed by atoms with van der Waals surface area (Å²) in [4.78, 5) is 17.3. The summed E-state index contributed by atoms with van der Waals surface area (Å²) in [5, 5.41) is 23.4. The fourth-order valence-electron chi connectivity index (χ4n) is 4.33. The molecule has 0 bridgehead atoms. The third kappa shape index (κ3) is 4.24. The Labute approximate surface area is 175 Å². The van der Waals surface area contributed by atoms with Gasteiger partial charge in [0, 0.05) is 4.88 Å². The number of phenols is 1. The van der Waals surface area contributed by atoms with Crippen LogP contribution in [0.2, 0.25) is 0 Å². The lowest BCUT2D eigenvalue weighted by atomic mass is 9.89. The van der Waals surface area contributed by atoms with Crippen molar-refractivity contribution in [1.29, 1.82) is 5.26 Å². The van der Waals surface area contributed by atoms with Crippen LogP contribution in [0.5, 0.6) is 5.75 Å². The van der Waals surface area contributed by atoms with Gasteiger partial charge in [0.05, 0.1) is 37.4 Å². The van der Waals surface area contributed by atoms with Gasteiger partial charge in [-0.3, -0.25) is 4.79 Å². The van der Waals surface area contributed by atoms with Crippen LogP contribution < -0.4 is 15.1 Å². The number of phenolic OH excluding ortho intramolecular Hbond substituents is 1. The van der Waals surface area contributed by atoms with Crippen molar-refractivity contribution in [3.63, 3.8) is 0 Å². The maximum atomic E-state index is 12.6. The number of aromatic hydroxyl groups is 1. The lowest BCUT2D eigenvalue weighted by Gasteiger charge is -2.33. The molecule has 1 saturated heterocycles. The van der Waals surface area contributed by atoms with E-state index in [1.54, 1.807) is 17.4 Å². The van der Waals surface area contributed by atoms with Crippen molar-refractivity contribution in [2.45, 2.75) is 26.2 Å². The first kappa shape index (κ1) is 19.7. The first-order chi connectivity index (χ1) is 14.0. The summed E-state index contributed by atoms with van der Waals surface area (Å²) >= 11 is 1.58. The van der Waals surface area contributed by atoms with Crippen LogP contribution in [0.25, 0.3) is 0 Å². The Morgan fingerprint density at radius 3 is 2.86 bits per heavy atom. The Bertz CT molecular complexity index is 941. The Hall–Kier alpha value is -2.56. The molecule has 1 fully saturated rings. The normalized spacial score (nSPS) is 19.4. The van der Waals surface area contributed by atoms with Gasteiger partial charge in [-0.2, -0.15) is 5.26 Å². The molecule has 0 saturated carbocycles. The molecule has 0 radical (unpaired) electrons. The van der Waals surface area contributed by atoms with Crippen LogP contribution >= 0.6 is 11.3 Å². The van der Waals surface area contributed by atoms with Gasteiger partial charge in [0.25, 0.3) is 5.91 Å². The Morgan fingerprint density at radius 2 is 2.14 bits per heavy atom. The molecule has 2 aromatic rings. The number of carbonyl (C=O) groups is 1. The number of carbonyl (C=O) groups excluding carboxylic acids is 1. The van der Waals surface area contributed by atoms with Gasteiger partial charge < -0.3 is 20.2 Å². The van der Waals surface area contributed by atoms with Crippen LogP contribution in [-0.2, 0) is 17.6 Å². The van der Waals surface area contributed by atoms with E-state index >= 15 is 0 Å². The number of quaternary nitrogens is 1. The largest absolute Gasteiger partial charge is 0.506 e. The smallest absolute Gasteiger partial charge is 0.280 e. The molecular formula is C22H27N4O2S+. The van der Waals surface area contributed by atoms with Gasteiger partial charge in [-0.1, -0.05) is 19.1 Å². The SMILES string of the molecule is C[C@@H]1CCc2c(sc(NC(=O)C[NH+]3CCN(c4ccccc4O)CC3)c2C#N)C1. The first-order valence-corrected chi connectivity index (χ1v) is 11.1. The standard InChI is InChI=1S/C22H26N4O2S/c1-15-6-7-16-17(13-23)22(29-20(16)12-15)24-21(28)14-25-8-10-26(11-9-25)18-4-2-3-5-19(18)27/h2-5,15,27H,6-12,14H2,1H3,(H,24,28)/p+1/t15-/m1/s1. The van der Waals surface area contributed by atoms with E-state index in [1.807, 2.05) is 18.2 Å². The summed E-state index contributed by atoms with van der Waals surface area (Å²) < 4.78 is 0. The molecule has 1 atom stereocenters. The molecule has 1 aliphatic carbocycles. The molecule has 1 aliphatic heterocycles. The van der Waals surface area contributed by atoms with Crippen LogP contribution in [0.1, 0.15) is 29.3 Å². The van der Waals surface area contributed by atoms with Crippen molar-refractivity contribution in [3.05, 3.63) is 40.3 Å². The fourth-order valence-corrected chi connectivity index (χ4v) is 5.70. The number of hydrogen-bond acceptors (Lipinski definition) is 5. The van der Waals surface area contributed by atoms with Gasteiger partial charge in [0.2, 0.25) is 0 Å². The second-order valence-corrected chi connectivity index (χ2v) is 9.22. The number of rotatable bonds is 4. The van der Waals surface area contributed by atoms with Crippen molar-refractivity contribution in [2.24, 2.45) is 5.92 Å². The highest BCUT2D eigenvalue weighted by Gasteiger charge is 2.27. The lowest BCUT2D eigenvalue weighted by molar-refractivity contribution is -0.892. The molecule has 1 aromatic heterocycles. The van der Waals surface area contributed by atoms with Gasteiger partial charge in [-0.25, -0.2) is 0 Å². The second kappa shape index (κ2) is 8.44. The molecule has 0 unspecified atom stereocenters. The van der Waals surface area contributed by atoms with E-state index in [1.165, 1.54) is 9.78 Å². The number of benzene rings is 1. The van der Waals surface area contributed by atoms with E-state index in [0.717, 1.165) is 61.7 Å². The maximum Gasteiger partial charge on any atom is 0.280 e. The maximum absolute atomic E-state index is 12.6. The van der Waals surface area contributed by atoms with Crippen LogP contribution in [0.4, 0.5) is 10.7 Å². The van der Waals surface area contributed by atoms with Crippen LogP contribution in [0, 0.1) is 17.2 Å². The topological polar surface area (TPSA) is 80.8 Å². The summed E-state index contributed by atoms with van der Waals surface area (Å²) in [7, 11) is 0. The van der Waals surface area contributed by atoms with Gasteiger partial charge in [0.15, 0.2) is 6.54 Å². The number of hydrogen-bond donors (Lipinski definition) is 3. The molecule has 1 aromatic carbocycles. The van der Waals surface area contributed by atoms with Crippen LogP contribution in [-0.4, -0.2) is 43.7 Å². The first-order valence-electron chi connectivity index (χ1n) is 10.3. The quantitative estimate of drug-likeness (QED) is 0.717. The molecule has 6 nitrogen and oxygen atoms in total. The second-order valence-electron chi connectivity index (χ2n) is 8.12. The number of piperazine rings is 1. The summed E-state index contributed by atoms with van der Waals surface area (Å²) in [5.74, 6) is 0.911. The Kier molecular flexibility index (Phi) is 5.74. The zero-order valence-electron chi connectivity index (χ0n) is 16.7. The minimum atomic E-state index is -0.0286. The molecule has 3 N–H and O–H groups in total. The average molecular weight is 412 g/mol. The minimum Gasteiger partial charge on any atom is -0.506 e. The van der Waals surface area contributed by atoms with E-state index in [-0.39, 0.29) is 5.91 Å². The van der Waals surface area contributed by atoms with E-state index in [4.69, 9.17) is 0 Å². The monoisotopic (exact) mass is 411 g/mol. The Balaban J connectivity index is 1.34. The molecule has 4 rings (SSSR count). The number of nitriles is 1. The molecule has 7 heteroatoms. The number of para-hydroxylation sites is 2. The summed E-state index contributed by atoms with van der Waals surface area (Å²) in [6, 6.07) is 9.70. The van der Waals surface area contributed by atoms with E-state index in [2.05, 4.69) is 23.2 Å². The van der Waals surface area contributed by atoms with Crippen molar-refractivity contribution < 1.29 is 14.8 Å². The highest BCUT2D eigenvalue weighted by Crippen LogP contribution is 2.39. The van der Waals surface area contributed by atoms with E-state index in [9.17, 15) is 15.2 Å². The molecule has 2 heterocycles. The average Bonchev–Trinajstić information content (AvgIpc) is 3.04. The summed E-state index contributed by atoms with van der Waals surface area (Å²) in [6.07, 6.45) is 3.05. The molecule has 0 spiro atoms. The number of fused-ring (bicyclic) bond motifs is 1. The van der Waals surface area contributed by atoms with Crippen molar-refractivity contribution in [2.75, 3.05) is 42.9 Å². The predicted molar refractivity (Wildman–Crippen MR) is 115 cm³/mol. The zero-order chi connectivity index (χ0) is 20.4. The highest BCUT2D eigenvalue weighted by atomic mass is 32.1.